The molecule has 28 heavy (non-hydrogen) atoms. The van der Waals surface area contributed by atoms with Crippen molar-refractivity contribution in [3.8, 4) is 0 Å². The van der Waals surface area contributed by atoms with Crippen LogP contribution in [-0.2, 0) is 9.53 Å². The smallest absolute Gasteiger partial charge is 0.306 e. The summed E-state index contributed by atoms with van der Waals surface area (Å²) in [5.41, 5.74) is 0.932. The number of aliphatic hydroxyl groups excluding tert-OH is 2. The second-order valence-corrected chi connectivity index (χ2v) is 6.84. The summed E-state index contributed by atoms with van der Waals surface area (Å²) in [5.74, 6) is -0.917. The van der Waals surface area contributed by atoms with Crippen molar-refractivity contribution in [1.82, 2.24) is 4.90 Å². The largest absolute Gasteiger partial charge is 0.460 e. The normalized spacial score (nSPS) is 15.4. The number of carbonyl (C=O) groups excluding carboxylic acids is 3. The van der Waals surface area contributed by atoms with E-state index >= 15 is 0 Å². The molecular weight excluding hydrogens is 361 g/mol. The van der Waals surface area contributed by atoms with Gasteiger partial charge in [0, 0.05) is 13.0 Å². The minimum atomic E-state index is -1.17. The lowest BCUT2D eigenvalue weighted by atomic mass is 9.96. The number of esters is 1. The van der Waals surface area contributed by atoms with E-state index in [4.69, 9.17) is 17.7 Å². The van der Waals surface area contributed by atoms with E-state index in [2.05, 4.69) is 0 Å². The van der Waals surface area contributed by atoms with Crippen molar-refractivity contribution in [2.45, 2.75) is 57.1 Å². The van der Waals surface area contributed by atoms with Gasteiger partial charge in [-0.15, -0.1) is 0 Å². The summed E-state index contributed by atoms with van der Waals surface area (Å²) in [7, 11) is 5.41. The van der Waals surface area contributed by atoms with Gasteiger partial charge >= 0.3 is 5.97 Å². The van der Waals surface area contributed by atoms with Gasteiger partial charge in [-0.3, -0.25) is 19.3 Å². The Labute approximate surface area is 166 Å². The van der Waals surface area contributed by atoms with Gasteiger partial charge < -0.3 is 14.9 Å². The molecule has 1 aromatic carbocycles. The highest BCUT2D eigenvalue weighted by atomic mass is 16.6. The lowest BCUT2D eigenvalue weighted by Crippen LogP contribution is -2.33. The molecule has 0 bridgehead atoms. The second-order valence-electron chi connectivity index (χ2n) is 6.84. The van der Waals surface area contributed by atoms with Crippen LogP contribution in [0.15, 0.2) is 24.3 Å². The zero-order chi connectivity index (χ0) is 20.5. The summed E-state index contributed by atoms with van der Waals surface area (Å²) in [6, 6.07) is 6.84. The van der Waals surface area contributed by atoms with Gasteiger partial charge in [0.05, 0.1) is 25.6 Å². The third-order valence-electron chi connectivity index (χ3n) is 4.77. The minimum Gasteiger partial charge on any atom is -0.460 e. The number of hydrogen-bond acceptors (Lipinski definition) is 6. The third-order valence-corrected chi connectivity index (χ3v) is 4.77. The molecule has 2 amide bonds. The molecule has 0 spiro atoms. The monoisotopic (exact) mass is 387 g/mol. The number of amides is 2. The van der Waals surface area contributed by atoms with Crippen LogP contribution in [0.2, 0.25) is 6.32 Å². The maximum atomic E-state index is 12.2. The van der Waals surface area contributed by atoms with Crippen molar-refractivity contribution >= 4 is 25.6 Å². The fraction of sp³-hybridized carbons (Fsp3) is 0.550. The Morgan fingerprint density at radius 2 is 1.61 bits per heavy atom. The van der Waals surface area contributed by atoms with Crippen LogP contribution < -0.4 is 0 Å². The highest BCUT2D eigenvalue weighted by Crippen LogP contribution is 2.23. The second kappa shape index (κ2) is 11.0. The van der Waals surface area contributed by atoms with Gasteiger partial charge in [0.2, 0.25) is 0 Å². The van der Waals surface area contributed by atoms with E-state index < -0.39 is 24.8 Å². The minimum absolute atomic E-state index is 0.0503. The number of benzene rings is 1. The van der Waals surface area contributed by atoms with Crippen LogP contribution in [0.3, 0.4) is 0 Å². The number of unbranched alkanes of at least 4 members (excludes halogenated alkanes) is 4. The number of fused-ring (bicyclic) bond motifs is 1. The Kier molecular flexibility index (Phi) is 8.66. The molecule has 0 fully saturated rings. The zero-order valence-corrected chi connectivity index (χ0v) is 15.9. The quantitative estimate of drug-likeness (QED) is 0.244. The molecule has 0 aromatic heterocycles. The number of imide groups is 1. The van der Waals surface area contributed by atoms with Crippen LogP contribution in [0, 0.1) is 0 Å². The summed E-state index contributed by atoms with van der Waals surface area (Å²) in [6.07, 6.45) is 1.98. The Morgan fingerprint density at radius 1 is 1.04 bits per heavy atom. The lowest BCUT2D eigenvalue weighted by Gasteiger charge is -2.20. The highest BCUT2D eigenvalue weighted by Gasteiger charge is 2.34. The van der Waals surface area contributed by atoms with Gasteiger partial charge in [0.15, 0.2) is 0 Å². The first-order chi connectivity index (χ1) is 13.5. The third kappa shape index (κ3) is 5.66. The van der Waals surface area contributed by atoms with Crippen LogP contribution in [0.25, 0.3) is 0 Å². The van der Waals surface area contributed by atoms with Crippen LogP contribution in [0.5, 0.6) is 0 Å². The lowest BCUT2D eigenvalue weighted by molar-refractivity contribution is -0.155. The number of rotatable bonds is 12. The molecule has 1 aromatic rings. The Bertz CT molecular complexity index is 660. The Morgan fingerprint density at radius 3 is 2.18 bits per heavy atom. The van der Waals surface area contributed by atoms with Gasteiger partial charge in [-0.25, -0.2) is 0 Å². The predicted octanol–water partition coefficient (Wildman–Crippen LogP) is 1.47. The molecular formula is C20H26BNO6. The summed E-state index contributed by atoms with van der Waals surface area (Å²) < 4.78 is 5.05. The molecule has 1 aliphatic heterocycles. The van der Waals surface area contributed by atoms with Crippen molar-refractivity contribution in [1.29, 1.82) is 0 Å². The standard InChI is InChI=1S/C20H26BNO6/c21-12-17(16(24)13-23)28-18(25)10-4-2-1-3-7-11-22-19(26)14-8-5-6-9-15(14)20(22)27/h5-6,8-9,16-17,23-24H,1-4,7,10-13H2/t16-,17-/m0/s1. The maximum Gasteiger partial charge on any atom is 0.306 e. The summed E-state index contributed by atoms with van der Waals surface area (Å²) in [4.78, 5) is 37.5. The molecule has 150 valence electrons. The molecule has 2 N–H and O–H groups in total. The van der Waals surface area contributed by atoms with E-state index in [1.54, 1.807) is 24.3 Å². The number of hydrogen-bond donors (Lipinski definition) is 2. The average molecular weight is 387 g/mol. The van der Waals surface area contributed by atoms with Gasteiger partial charge in [-0.1, -0.05) is 31.4 Å². The zero-order valence-electron chi connectivity index (χ0n) is 15.9. The van der Waals surface area contributed by atoms with Gasteiger partial charge in [-0.05, 0) is 31.3 Å². The fourth-order valence-corrected chi connectivity index (χ4v) is 3.14. The topological polar surface area (TPSA) is 104 Å². The van der Waals surface area contributed by atoms with E-state index in [-0.39, 0.29) is 24.6 Å². The molecule has 0 saturated carbocycles. The first kappa shape index (κ1) is 22.1. The number of carbonyl (C=O) groups is 3. The summed E-state index contributed by atoms with van der Waals surface area (Å²) >= 11 is 0. The van der Waals surface area contributed by atoms with E-state index in [0.29, 0.717) is 30.5 Å². The van der Waals surface area contributed by atoms with E-state index in [0.717, 1.165) is 19.3 Å². The Hall–Kier alpha value is -2.19. The van der Waals surface area contributed by atoms with Crippen LogP contribution >= 0.6 is 0 Å². The van der Waals surface area contributed by atoms with Crippen molar-refractivity contribution in [3.63, 3.8) is 0 Å². The van der Waals surface area contributed by atoms with Crippen molar-refractivity contribution in [2.75, 3.05) is 13.2 Å². The van der Waals surface area contributed by atoms with Crippen LogP contribution in [-0.4, -0.2) is 66.1 Å². The fourth-order valence-electron chi connectivity index (χ4n) is 3.14. The molecule has 0 aliphatic carbocycles. The summed E-state index contributed by atoms with van der Waals surface area (Å²) in [5, 5.41) is 18.3. The molecule has 1 aliphatic rings. The number of ether oxygens (including phenoxy) is 1. The highest BCUT2D eigenvalue weighted by molar-refractivity contribution is 6.21. The number of nitrogens with zero attached hydrogens (tertiary/aromatic N) is 1. The molecule has 2 radical (unpaired) electrons. The van der Waals surface area contributed by atoms with Gasteiger partial charge in [0.1, 0.15) is 12.2 Å². The molecule has 0 saturated heterocycles. The van der Waals surface area contributed by atoms with Crippen LogP contribution in [0.1, 0.15) is 59.2 Å². The number of aliphatic hydroxyl groups is 2. The summed E-state index contributed by atoms with van der Waals surface area (Å²) in [6.45, 7) is -0.117. The van der Waals surface area contributed by atoms with Gasteiger partial charge in [0.25, 0.3) is 11.8 Å². The van der Waals surface area contributed by atoms with Crippen molar-refractivity contribution in [3.05, 3.63) is 35.4 Å². The predicted molar refractivity (Wildman–Crippen MR) is 103 cm³/mol. The Balaban J connectivity index is 1.59. The van der Waals surface area contributed by atoms with Gasteiger partial charge in [-0.2, -0.15) is 0 Å². The molecule has 7 nitrogen and oxygen atoms in total. The average Bonchev–Trinajstić information content (AvgIpc) is 2.95. The first-order valence-corrected chi connectivity index (χ1v) is 9.63. The van der Waals surface area contributed by atoms with E-state index in [9.17, 15) is 19.5 Å². The van der Waals surface area contributed by atoms with Crippen molar-refractivity contribution in [2.24, 2.45) is 0 Å². The van der Waals surface area contributed by atoms with E-state index in [1.165, 1.54) is 4.90 Å². The SMILES string of the molecule is [B]C[C@H](OC(=O)CCCCCCCN1C(=O)c2ccccc2C1=O)[C@@H](O)CO. The molecule has 8 heteroatoms. The van der Waals surface area contributed by atoms with Crippen LogP contribution in [0.4, 0.5) is 0 Å². The van der Waals surface area contributed by atoms with Crippen molar-refractivity contribution < 1.29 is 29.3 Å². The molecule has 0 unspecified atom stereocenters. The maximum absolute atomic E-state index is 12.2. The molecule has 2 rings (SSSR count). The molecule has 1 heterocycles. The first-order valence-electron chi connectivity index (χ1n) is 9.63. The van der Waals surface area contributed by atoms with E-state index in [1.807, 2.05) is 0 Å². The molecule has 2 atom stereocenters.